The van der Waals surface area contributed by atoms with E-state index in [9.17, 15) is 0 Å². The molecule has 1 heterocycles. The van der Waals surface area contributed by atoms with Crippen molar-refractivity contribution in [1.29, 1.82) is 5.26 Å². The number of benzene rings is 1. The molecule has 1 aromatic carbocycles. The van der Waals surface area contributed by atoms with E-state index in [1.165, 1.54) is 5.56 Å². The van der Waals surface area contributed by atoms with Crippen LogP contribution in [-0.4, -0.2) is 4.98 Å². The average molecular weight is 210 g/mol. The third-order valence-corrected chi connectivity index (χ3v) is 2.76. The molecule has 0 unspecified atom stereocenters. The number of hydrogen-bond donors (Lipinski definition) is 0. The lowest BCUT2D eigenvalue weighted by molar-refractivity contribution is 0.870. The number of aryl methyl sites for hydroxylation is 1. The van der Waals surface area contributed by atoms with Gasteiger partial charge in [-0.15, -0.1) is 0 Å². The summed E-state index contributed by atoms with van der Waals surface area (Å²) in [7, 11) is 0. The highest BCUT2D eigenvalue weighted by Gasteiger charge is 2.11. The highest BCUT2D eigenvalue weighted by molar-refractivity contribution is 5.85. The van der Waals surface area contributed by atoms with E-state index in [2.05, 4.69) is 43.1 Å². The van der Waals surface area contributed by atoms with Crippen LogP contribution in [0.2, 0.25) is 0 Å². The van der Waals surface area contributed by atoms with E-state index < -0.39 is 0 Å². The number of nitrogens with zero attached hydrogens (tertiary/aromatic N) is 2. The SMILES string of the molecule is Cc1ccc2c(C(C)C)c(C#N)cnc2c1. The van der Waals surface area contributed by atoms with Crippen LogP contribution in [0.15, 0.2) is 24.4 Å². The summed E-state index contributed by atoms with van der Waals surface area (Å²) in [4.78, 5) is 4.33. The fourth-order valence-electron chi connectivity index (χ4n) is 2.04. The molecule has 0 saturated carbocycles. The zero-order chi connectivity index (χ0) is 11.7. The molecular formula is C14H14N2. The molecule has 0 fully saturated rings. The van der Waals surface area contributed by atoms with E-state index in [-0.39, 0.29) is 0 Å². The lowest BCUT2D eigenvalue weighted by Gasteiger charge is -2.11. The summed E-state index contributed by atoms with van der Waals surface area (Å²) >= 11 is 0. The minimum atomic E-state index is 0.336. The fraction of sp³-hybridized carbons (Fsp3) is 0.286. The van der Waals surface area contributed by atoms with E-state index in [0.29, 0.717) is 11.5 Å². The average Bonchev–Trinajstić information content (AvgIpc) is 2.26. The predicted molar refractivity (Wildman–Crippen MR) is 65.3 cm³/mol. The molecule has 0 spiro atoms. The van der Waals surface area contributed by atoms with Gasteiger partial charge in [-0.2, -0.15) is 5.26 Å². The molecule has 2 aromatic rings. The van der Waals surface area contributed by atoms with Gasteiger partial charge in [0, 0.05) is 11.6 Å². The van der Waals surface area contributed by atoms with Crippen LogP contribution in [0, 0.1) is 18.3 Å². The van der Waals surface area contributed by atoms with Gasteiger partial charge < -0.3 is 0 Å². The van der Waals surface area contributed by atoms with Gasteiger partial charge in [-0.25, -0.2) is 0 Å². The van der Waals surface area contributed by atoms with Gasteiger partial charge >= 0.3 is 0 Å². The van der Waals surface area contributed by atoms with Crippen LogP contribution in [0.3, 0.4) is 0 Å². The molecule has 2 nitrogen and oxygen atoms in total. The maximum atomic E-state index is 9.09. The Kier molecular flexibility index (Phi) is 2.62. The number of fused-ring (bicyclic) bond motifs is 1. The Balaban J connectivity index is 2.85. The van der Waals surface area contributed by atoms with Crippen molar-refractivity contribution in [2.24, 2.45) is 0 Å². The molecule has 0 amide bonds. The maximum Gasteiger partial charge on any atom is 0.101 e. The summed E-state index contributed by atoms with van der Waals surface area (Å²) in [5, 5.41) is 10.2. The molecule has 0 aliphatic rings. The van der Waals surface area contributed by atoms with Crippen molar-refractivity contribution in [3.63, 3.8) is 0 Å². The molecule has 16 heavy (non-hydrogen) atoms. The van der Waals surface area contributed by atoms with Crippen LogP contribution in [0.1, 0.15) is 36.5 Å². The zero-order valence-corrected chi connectivity index (χ0v) is 9.78. The van der Waals surface area contributed by atoms with Crippen LogP contribution in [-0.2, 0) is 0 Å². The second-order valence-electron chi connectivity index (χ2n) is 4.37. The van der Waals surface area contributed by atoms with E-state index in [1.54, 1.807) is 6.20 Å². The number of nitriles is 1. The molecule has 80 valence electrons. The Morgan fingerprint density at radius 2 is 2.06 bits per heavy atom. The van der Waals surface area contributed by atoms with Crippen LogP contribution in [0.5, 0.6) is 0 Å². The van der Waals surface area contributed by atoms with Crippen molar-refractivity contribution in [2.45, 2.75) is 26.7 Å². The zero-order valence-electron chi connectivity index (χ0n) is 9.78. The molecule has 0 radical (unpaired) electrons. The first kappa shape index (κ1) is 10.6. The topological polar surface area (TPSA) is 36.7 Å². The Morgan fingerprint density at radius 1 is 1.31 bits per heavy atom. The minimum absolute atomic E-state index is 0.336. The van der Waals surface area contributed by atoms with Gasteiger partial charge in [0.15, 0.2) is 0 Å². The molecule has 0 N–H and O–H groups in total. The molecule has 0 bridgehead atoms. The fourth-order valence-corrected chi connectivity index (χ4v) is 2.04. The third kappa shape index (κ3) is 1.65. The Morgan fingerprint density at radius 3 is 2.69 bits per heavy atom. The Labute approximate surface area is 95.6 Å². The van der Waals surface area contributed by atoms with E-state index in [1.807, 2.05) is 6.92 Å². The summed E-state index contributed by atoms with van der Waals surface area (Å²) in [6.07, 6.45) is 1.68. The van der Waals surface area contributed by atoms with Gasteiger partial charge in [0.1, 0.15) is 6.07 Å². The number of pyridine rings is 1. The molecule has 0 atom stereocenters. The number of aromatic nitrogens is 1. The van der Waals surface area contributed by atoms with Gasteiger partial charge in [-0.3, -0.25) is 4.98 Å². The summed E-state index contributed by atoms with van der Waals surface area (Å²) in [6.45, 7) is 6.26. The maximum absolute atomic E-state index is 9.09. The second kappa shape index (κ2) is 3.94. The van der Waals surface area contributed by atoms with Gasteiger partial charge in [-0.1, -0.05) is 26.0 Å². The third-order valence-electron chi connectivity index (χ3n) is 2.76. The van der Waals surface area contributed by atoms with Crippen LogP contribution >= 0.6 is 0 Å². The molecule has 0 saturated heterocycles. The van der Waals surface area contributed by atoms with Crippen molar-refractivity contribution in [2.75, 3.05) is 0 Å². The van der Waals surface area contributed by atoms with Gasteiger partial charge in [-0.05, 0) is 30.0 Å². The lowest BCUT2D eigenvalue weighted by atomic mass is 9.94. The molecule has 2 rings (SSSR count). The van der Waals surface area contributed by atoms with Crippen LogP contribution < -0.4 is 0 Å². The second-order valence-corrected chi connectivity index (χ2v) is 4.37. The first-order valence-electron chi connectivity index (χ1n) is 5.43. The quantitative estimate of drug-likeness (QED) is 0.721. The van der Waals surface area contributed by atoms with Gasteiger partial charge in [0.25, 0.3) is 0 Å². The van der Waals surface area contributed by atoms with Crippen molar-refractivity contribution >= 4 is 10.9 Å². The van der Waals surface area contributed by atoms with Crippen LogP contribution in [0.25, 0.3) is 10.9 Å². The van der Waals surface area contributed by atoms with Gasteiger partial charge in [0.2, 0.25) is 0 Å². The standard InChI is InChI=1S/C14H14N2/c1-9(2)14-11(7-15)8-16-13-6-10(3)4-5-12(13)14/h4-6,8-9H,1-3H3. The monoisotopic (exact) mass is 210 g/mol. The van der Waals surface area contributed by atoms with E-state index in [4.69, 9.17) is 5.26 Å². The summed E-state index contributed by atoms with van der Waals surface area (Å²) < 4.78 is 0. The van der Waals surface area contributed by atoms with Crippen molar-refractivity contribution in [1.82, 2.24) is 4.98 Å². The highest BCUT2D eigenvalue weighted by Crippen LogP contribution is 2.27. The van der Waals surface area contributed by atoms with Crippen molar-refractivity contribution in [3.05, 3.63) is 41.1 Å². The lowest BCUT2D eigenvalue weighted by Crippen LogP contribution is -1.96. The van der Waals surface area contributed by atoms with Crippen molar-refractivity contribution in [3.8, 4) is 6.07 Å². The summed E-state index contributed by atoms with van der Waals surface area (Å²) in [5.41, 5.74) is 3.96. The first-order chi connectivity index (χ1) is 7.63. The van der Waals surface area contributed by atoms with E-state index >= 15 is 0 Å². The minimum Gasteiger partial charge on any atom is -0.255 e. The molecule has 0 aliphatic heterocycles. The molecule has 1 aromatic heterocycles. The summed E-state index contributed by atoms with van der Waals surface area (Å²) in [6, 6.07) is 8.41. The van der Waals surface area contributed by atoms with Gasteiger partial charge in [0.05, 0.1) is 11.1 Å². The molecule has 0 aliphatic carbocycles. The Hall–Kier alpha value is -1.88. The normalized spacial score (nSPS) is 10.7. The highest BCUT2D eigenvalue weighted by atomic mass is 14.7. The smallest absolute Gasteiger partial charge is 0.101 e. The largest absolute Gasteiger partial charge is 0.255 e. The number of hydrogen-bond acceptors (Lipinski definition) is 2. The Bertz CT molecular complexity index is 577. The number of rotatable bonds is 1. The van der Waals surface area contributed by atoms with E-state index in [0.717, 1.165) is 16.5 Å². The molecular weight excluding hydrogens is 196 g/mol. The summed E-state index contributed by atoms with van der Waals surface area (Å²) in [5.74, 6) is 0.336. The predicted octanol–water partition coefficient (Wildman–Crippen LogP) is 3.54. The van der Waals surface area contributed by atoms with Crippen LogP contribution in [0.4, 0.5) is 0 Å². The van der Waals surface area contributed by atoms with Crippen molar-refractivity contribution < 1.29 is 0 Å². The first-order valence-corrected chi connectivity index (χ1v) is 5.43. The molecule has 2 heteroatoms.